The second kappa shape index (κ2) is 6.59. The van der Waals surface area contributed by atoms with Gasteiger partial charge in [0.25, 0.3) is 0 Å². The summed E-state index contributed by atoms with van der Waals surface area (Å²) in [5.74, 6) is 0.163. The minimum atomic E-state index is 0.163. The van der Waals surface area contributed by atoms with Crippen LogP contribution in [0.5, 0.6) is 0 Å². The third-order valence-electron chi connectivity index (χ3n) is 1.54. The zero-order valence-electron chi connectivity index (χ0n) is 6.94. The average molecular weight is 143 g/mol. The lowest BCUT2D eigenvalue weighted by Crippen LogP contribution is -2.16. The molecule has 2 heteroatoms. The summed E-state index contributed by atoms with van der Waals surface area (Å²) in [4.78, 5) is 10.7. The highest BCUT2D eigenvalue weighted by Gasteiger charge is 1.95. The van der Waals surface area contributed by atoms with Gasteiger partial charge in [0, 0.05) is 13.5 Å². The number of amides is 1. The molecular formula is C8H17NO. The van der Waals surface area contributed by atoms with E-state index in [1.165, 1.54) is 19.3 Å². The van der Waals surface area contributed by atoms with Gasteiger partial charge in [-0.15, -0.1) is 0 Å². The fraction of sp³-hybridized carbons (Fsp3) is 0.875. The molecule has 1 N–H and O–H groups in total. The topological polar surface area (TPSA) is 29.1 Å². The zero-order valence-corrected chi connectivity index (χ0v) is 6.94. The molecule has 0 aliphatic rings. The average Bonchev–Trinajstić information content (AvgIpc) is 1.98. The Morgan fingerprint density at radius 3 is 2.50 bits per heavy atom. The van der Waals surface area contributed by atoms with Crippen molar-refractivity contribution < 1.29 is 4.79 Å². The Morgan fingerprint density at radius 1 is 1.30 bits per heavy atom. The van der Waals surface area contributed by atoms with Crippen LogP contribution in [0.15, 0.2) is 0 Å². The highest BCUT2D eigenvalue weighted by atomic mass is 16.1. The number of hydrogen-bond donors (Lipinski definition) is 1. The Hall–Kier alpha value is -0.530. The van der Waals surface area contributed by atoms with Gasteiger partial charge in [-0.1, -0.05) is 26.2 Å². The predicted octanol–water partition coefficient (Wildman–Crippen LogP) is 1.70. The monoisotopic (exact) mass is 143 g/mol. The number of hydrogen-bond acceptors (Lipinski definition) is 1. The molecule has 0 radical (unpaired) electrons. The molecule has 10 heavy (non-hydrogen) atoms. The summed E-state index contributed by atoms with van der Waals surface area (Å²) in [5, 5.41) is 2.60. The normalized spacial score (nSPS) is 9.40. The molecule has 0 unspecified atom stereocenters. The maximum atomic E-state index is 10.7. The van der Waals surface area contributed by atoms with Crippen molar-refractivity contribution in [3.8, 4) is 0 Å². The molecule has 0 heterocycles. The van der Waals surface area contributed by atoms with E-state index in [0.717, 1.165) is 6.42 Å². The van der Waals surface area contributed by atoms with Crippen LogP contribution >= 0.6 is 0 Å². The number of carbonyl (C=O) groups is 1. The minimum Gasteiger partial charge on any atom is -0.359 e. The summed E-state index contributed by atoms with van der Waals surface area (Å²) in [6, 6.07) is 0. The third kappa shape index (κ3) is 5.60. The molecule has 2 nitrogen and oxygen atoms in total. The van der Waals surface area contributed by atoms with Gasteiger partial charge >= 0.3 is 0 Å². The van der Waals surface area contributed by atoms with E-state index in [9.17, 15) is 4.79 Å². The lowest BCUT2D eigenvalue weighted by Gasteiger charge is -1.97. The van der Waals surface area contributed by atoms with Crippen molar-refractivity contribution in [1.29, 1.82) is 0 Å². The van der Waals surface area contributed by atoms with Crippen LogP contribution < -0.4 is 5.32 Å². The molecular weight excluding hydrogens is 126 g/mol. The van der Waals surface area contributed by atoms with Gasteiger partial charge in [0.05, 0.1) is 0 Å². The smallest absolute Gasteiger partial charge is 0.219 e. The second-order valence-corrected chi connectivity index (χ2v) is 2.48. The van der Waals surface area contributed by atoms with Crippen LogP contribution in [0.2, 0.25) is 0 Å². The van der Waals surface area contributed by atoms with Crippen molar-refractivity contribution in [3.05, 3.63) is 0 Å². The van der Waals surface area contributed by atoms with E-state index in [4.69, 9.17) is 0 Å². The van der Waals surface area contributed by atoms with Gasteiger partial charge in [0.15, 0.2) is 0 Å². The van der Waals surface area contributed by atoms with Gasteiger partial charge in [-0.05, 0) is 6.42 Å². The van der Waals surface area contributed by atoms with Gasteiger partial charge < -0.3 is 5.32 Å². The molecule has 0 aliphatic carbocycles. The van der Waals surface area contributed by atoms with Crippen LogP contribution in [-0.2, 0) is 4.79 Å². The quantitative estimate of drug-likeness (QED) is 0.583. The Balaban J connectivity index is 2.96. The minimum absolute atomic E-state index is 0.163. The first-order chi connectivity index (χ1) is 4.81. The Morgan fingerprint density at radius 2 is 2.00 bits per heavy atom. The standard InChI is InChI=1S/C8H17NO/c1-3-4-5-6-7-8(10)9-2/h3-7H2,1-2H3,(H,9,10). The van der Waals surface area contributed by atoms with Crippen molar-refractivity contribution in [2.75, 3.05) is 7.05 Å². The summed E-state index contributed by atoms with van der Waals surface area (Å²) in [6.07, 6.45) is 5.39. The van der Waals surface area contributed by atoms with Gasteiger partial charge in [-0.25, -0.2) is 0 Å². The summed E-state index contributed by atoms with van der Waals surface area (Å²) in [5.41, 5.74) is 0. The number of rotatable bonds is 5. The van der Waals surface area contributed by atoms with Gasteiger partial charge in [0.1, 0.15) is 0 Å². The van der Waals surface area contributed by atoms with E-state index in [1.54, 1.807) is 7.05 Å². The van der Waals surface area contributed by atoms with Crippen LogP contribution in [0, 0.1) is 0 Å². The largest absolute Gasteiger partial charge is 0.359 e. The molecule has 0 spiro atoms. The SMILES string of the molecule is CCCCCCC(=O)NC. The predicted molar refractivity (Wildman–Crippen MR) is 42.8 cm³/mol. The molecule has 0 bridgehead atoms. The van der Waals surface area contributed by atoms with Crippen molar-refractivity contribution in [3.63, 3.8) is 0 Å². The summed E-state index contributed by atoms with van der Waals surface area (Å²) >= 11 is 0. The third-order valence-corrected chi connectivity index (χ3v) is 1.54. The maximum Gasteiger partial charge on any atom is 0.219 e. The molecule has 0 aromatic carbocycles. The number of nitrogens with one attached hydrogen (secondary N) is 1. The zero-order chi connectivity index (χ0) is 7.82. The number of unbranched alkanes of at least 4 members (excludes halogenated alkanes) is 3. The van der Waals surface area contributed by atoms with Crippen LogP contribution in [0.3, 0.4) is 0 Å². The van der Waals surface area contributed by atoms with Crippen LogP contribution in [0.4, 0.5) is 0 Å². The van der Waals surface area contributed by atoms with Crippen molar-refractivity contribution in [2.45, 2.75) is 39.0 Å². The van der Waals surface area contributed by atoms with Crippen molar-refractivity contribution in [1.82, 2.24) is 5.32 Å². The molecule has 0 saturated carbocycles. The Kier molecular flexibility index (Phi) is 6.24. The second-order valence-electron chi connectivity index (χ2n) is 2.48. The first kappa shape index (κ1) is 9.47. The highest BCUT2D eigenvalue weighted by molar-refractivity contribution is 5.75. The van der Waals surface area contributed by atoms with Gasteiger partial charge in [-0.3, -0.25) is 4.79 Å². The molecule has 0 aromatic heterocycles. The van der Waals surface area contributed by atoms with E-state index in [0.29, 0.717) is 6.42 Å². The fourth-order valence-corrected chi connectivity index (χ4v) is 0.837. The molecule has 0 aliphatic heterocycles. The fourth-order valence-electron chi connectivity index (χ4n) is 0.837. The van der Waals surface area contributed by atoms with E-state index < -0.39 is 0 Å². The van der Waals surface area contributed by atoms with Gasteiger partial charge in [-0.2, -0.15) is 0 Å². The molecule has 0 fully saturated rings. The van der Waals surface area contributed by atoms with E-state index >= 15 is 0 Å². The molecule has 0 saturated heterocycles. The summed E-state index contributed by atoms with van der Waals surface area (Å²) in [7, 11) is 1.68. The van der Waals surface area contributed by atoms with Crippen molar-refractivity contribution >= 4 is 5.91 Å². The van der Waals surface area contributed by atoms with Gasteiger partial charge in [0.2, 0.25) is 5.91 Å². The Bertz CT molecular complexity index is 91.3. The van der Waals surface area contributed by atoms with E-state index in [2.05, 4.69) is 12.2 Å². The van der Waals surface area contributed by atoms with Crippen molar-refractivity contribution in [2.24, 2.45) is 0 Å². The summed E-state index contributed by atoms with van der Waals surface area (Å²) in [6.45, 7) is 2.17. The molecule has 0 aromatic rings. The molecule has 60 valence electrons. The maximum absolute atomic E-state index is 10.7. The van der Waals surface area contributed by atoms with Crippen LogP contribution in [0.25, 0.3) is 0 Å². The first-order valence-corrected chi connectivity index (χ1v) is 4.01. The van der Waals surface area contributed by atoms with Crippen LogP contribution in [-0.4, -0.2) is 13.0 Å². The Labute approximate surface area is 63.0 Å². The highest BCUT2D eigenvalue weighted by Crippen LogP contribution is 2.01. The molecule has 0 atom stereocenters. The first-order valence-electron chi connectivity index (χ1n) is 4.01. The molecule has 0 rings (SSSR count). The van der Waals surface area contributed by atoms with E-state index in [1.807, 2.05) is 0 Å². The lowest BCUT2D eigenvalue weighted by atomic mass is 10.1. The van der Waals surface area contributed by atoms with Crippen LogP contribution in [0.1, 0.15) is 39.0 Å². The lowest BCUT2D eigenvalue weighted by molar-refractivity contribution is -0.120. The number of carbonyl (C=O) groups excluding carboxylic acids is 1. The molecule has 1 amide bonds. The van der Waals surface area contributed by atoms with E-state index in [-0.39, 0.29) is 5.91 Å². The summed E-state index contributed by atoms with van der Waals surface area (Å²) < 4.78 is 0.